The third kappa shape index (κ3) is 40.0. The van der Waals surface area contributed by atoms with Gasteiger partial charge in [-0.25, -0.2) is 4.57 Å². The fourth-order valence-corrected chi connectivity index (χ4v) is 6.87. The summed E-state index contributed by atoms with van der Waals surface area (Å²) < 4.78 is 32.7. The second-order valence-electron chi connectivity index (χ2n) is 14.6. The molecule has 10 heteroatoms. The van der Waals surface area contributed by atoms with E-state index in [1.807, 2.05) is 12.2 Å². The smallest absolute Gasteiger partial charge is 0.462 e. The summed E-state index contributed by atoms with van der Waals surface area (Å²) in [6.07, 6.45) is 42.2. The van der Waals surface area contributed by atoms with Crippen molar-refractivity contribution in [1.29, 1.82) is 0 Å². The molecule has 0 saturated carbocycles. The number of ether oxygens (including phenoxy) is 2. The lowest BCUT2D eigenvalue weighted by atomic mass is 10.0. The average Bonchev–Trinajstić information content (AvgIpc) is 3.14. The Balaban J connectivity index is 4.20. The Bertz CT molecular complexity index is 928. The van der Waals surface area contributed by atoms with Crippen LogP contribution in [0.2, 0.25) is 0 Å². The molecule has 0 aliphatic carbocycles. The SMILES string of the molecule is CCCCCCCCCCCCC=CCC=CCCC(=O)OC(COC(=O)CCCCCCCCCCCCCCCCC)COP(=O)(O)OCCN. The van der Waals surface area contributed by atoms with Gasteiger partial charge in [-0.2, -0.15) is 0 Å². The van der Waals surface area contributed by atoms with Gasteiger partial charge in [-0.05, 0) is 32.1 Å². The molecule has 9 nitrogen and oxygen atoms in total. The molecule has 53 heavy (non-hydrogen) atoms. The molecule has 2 atom stereocenters. The number of nitrogens with two attached hydrogens (primary N) is 1. The van der Waals surface area contributed by atoms with E-state index in [9.17, 15) is 19.0 Å². The van der Waals surface area contributed by atoms with Crippen LogP contribution in [0.1, 0.15) is 206 Å². The number of hydrogen-bond acceptors (Lipinski definition) is 8. The van der Waals surface area contributed by atoms with Crippen LogP contribution in [-0.4, -0.2) is 49.3 Å². The Morgan fingerprint density at radius 3 is 1.51 bits per heavy atom. The lowest BCUT2D eigenvalue weighted by Crippen LogP contribution is -2.29. The fourth-order valence-electron chi connectivity index (χ4n) is 6.10. The highest BCUT2D eigenvalue weighted by Gasteiger charge is 2.25. The maximum Gasteiger partial charge on any atom is 0.472 e. The van der Waals surface area contributed by atoms with Gasteiger partial charge in [0, 0.05) is 19.4 Å². The molecule has 0 rings (SSSR count). The molecule has 0 aromatic carbocycles. The zero-order valence-corrected chi connectivity index (χ0v) is 35.2. The third-order valence-electron chi connectivity index (χ3n) is 9.35. The van der Waals surface area contributed by atoms with Crippen molar-refractivity contribution in [2.45, 2.75) is 213 Å². The summed E-state index contributed by atoms with van der Waals surface area (Å²) in [5.74, 6) is -0.898. The Morgan fingerprint density at radius 1 is 0.566 bits per heavy atom. The van der Waals surface area contributed by atoms with Crippen molar-refractivity contribution in [1.82, 2.24) is 0 Å². The summed E-state index contributed by atoms with van der Waals surface area (Å²) in [7, 11) is -4.39. The van der Waals surface area contributed by atoms with Crippen LogP contribution in [0, 0.1) is 0 Å². The number of hydrogen-bond donors (Lipinski definition) is 2. The van der Waals surface area contributed by atoms with Crippen molar-refractivity contribution in [3.8, 4) is 0 Å². The molecule has 2 unspecified atom stereocenters. The Hall–Kier alpha value is -1.51. The topological polar surface area (TPSA) is 134 Å². The molecule has 0 aliphatic rings. The van der Waals surface area contributed by atoms with Gasteiger partial charge in [0.25, 0.3) is 0 Å². The maximum atomic E-state index is 12.5. The third-order valence-corrected chi connectivity index (χ3v) is 10.3. The number of carbonyl (C=O) groups excluding carboxylic acids is 2. The van der Waals surface area contributed by atoms with Gasteiger partial charge in [0.15, 0.2) is 6.10 Å². The van der Waals surface area contributed by atoms with Gasteiger partial charge in [-0.1, -0.05) is 186 Å². The predicted molar refractivity (Wildman–Crippen MR) is 220 cm³/mol. The summed E-state index contributed by atoms with van der Waals surface area (Å²) in [5.41, 5.74) is 5.34. The second kappa shape index (κ2) is 40.2. The zero-order chi connectivity index (χ0) is 38.9. The van der Waals surface area contributed by atoms with Crippen molar-refractivity contribution in [2.24, 2.45) is 5.73 Å². The van der Waals surface area contributed by atoms with Crippen LogP contribution in [0.25, 0.3) is 0 Å². The first-order valence-electron chi connectivity index (χ1n) is 21.8. The number of carbonyl (C=O) groups is 2. The molecule has 0 spiro atoms. The first-order chi connectivity index (χ1) is 25.8. The quantitative estimate of drug-likeness (QED) is 0.0269. The minimum Gasteiger partial charge on any atom is -0.462 e. The van der Waals surface area contributed by atoms with Crippen LogP contribution in [-0.2, 0) is 32.7 Å². The van der Waals surface area contributed by atoms with Crippen molar-refractivity contribution < 1.29 is 37.6 Å². The molecule has 0 aliphatic heterocycles. The largest absolute Gasteiger partial charge is 0.472 e. The number of phosphoric ester groups is 1. The summed E-state index contributed by atoms with van der Waals surface area (Å²) in [6.45, 7) is 3.69. The first kappa shape index (κ1) is 51.5. The van der Waals surface area contributed by atoms with Crippen molar-refractivity contribution >= 4 is 19.8 Å². The Labute approximate surface area is 325 Å². The maximum absolute atomic E-state index is 12.5. The summed E-state index contributed by atoms with van der Waals surface area (Å²) in [5, 5.41) is 0. The molecule has 0 aromatic heterocycles. The molecule has 0 fully saturated rings. The predicted octanol–water partition coefficient (Wildman–Crippen LogP) is 12.4. The van der Waals surface area contributed by atoms with Crippen LogP contribution < -0.4 is 5.73 Å². The molecule has 0 amide bonds. The monoisotopic (exact) mass is 772 g/mol. The second-order valence-corrected chi connectivity index (χ2v) is 16.0. The molecule has 0 saturated heterocycles. The van der Waals surface area contributed by atoms with Crippen LogP contribution in [0.15, 0.2) is 24.3 Å². The van der Waals surface area contributed by atoms with Crippen molar-refractivity contribution in [2.75, 3.05) is 26.4 Å². The Morgan fingerprint density at radius 2 is 1.02 bits per heavy atom. The van der Waals surface area contributed by atoms with E-state index in [0.717, 1.165) is 32.1 Å². The van der Waals surface area contributed by atoms with E-state index in [-0.39, 0.29) is 32.6 Å². The standard InChI is InChI=1S/C43H82NO8P/c1-3-5-7-9-11-13-15-17-19-20-22-24-26-28-30-32-34-36-43(46)52-41(40-51-53(47,48)50-38-37-44)39-49-42(45)35-33-31-29-27-25-23-21-18-16-14-12-10-8-6-4-2/h24,26,30,32,41H,3-23,25,27-29,31,33-40,44H2,1-2H3,(H,47,48). The highest BCUT2D eigenvalue weighted by Crippen LogP contribution is 2.43. The van der Waals surface area contributed by atoms with Gasteiger partial charge >= 0.3 is 19.8 Å². The van der Waals surface area contributed by atoms with Gasteiger partial charge < -0.3 is 20.1 Å². The minimum atomic E-state index is -4.39. The Kier molecular flexibility index (Phi) is 39.0. The van der Waals surface area contributed by atoms with Crippen LogP contribution in [0.3, 0.4) is 0 Å². The summed E-state index contributed by atoms with van der Waals surface area (Å²) in [6, 6.07) is 0. The lowest BCUT2D eigenvalue weighted by Gasteiger charge is -2.19. The van der Waals surface area contributed by atoms with Crippen LogP contribution in [0.5, 0.6) is 0 Å². The highest BCUT2D eigenvalue weighted by atomic mass is 31.2. The molecule has 0 aromatic rings. The molecule has 3 N–H and O–H groups in total. The van der Waals surface area contributed by atoms with Gasteiger partial charge in [0.2, 0.25) is 0 Å². The number of allylic oxidation sites excluding steroid dienone is 4. The zero-order valence-electron chi connectivity index (χ0n) is 34.3. The average molecular weight is 772 g/mol. The van der Waals surface area contributed by atoms with Gasteiger partial charge in [-0.3, -0.25) is 18.6 Å². The molecular formula is C43H82NO8P. The van der Waals surface area contributed by atoms with E-state index in [0.29, 0.717) is 6.42 Å². The van der Waals surface area contributed by atoms with E-state index in [1.165, 1.54) is 141 Å². The van der Waals surface area contributed by atoms with Crippen LogP contribution >= 0.6 is 7.82 Å². The summed E-state index contributed by atoms with van der Waals surface area (Å²) >= 11 is 0. The minimum absolute atomic E-state index is 0.0475. The number of esters is 2. The number of phosphoric acid groups is 1. The number of rotatable bonds is 41. The molecule has 0 radical (unpaired) electrons. The van der Waals surface area contributed by atoms with Gasteiger partial charge in [0.05, 0.1) is 13.2 Å². The first-order valence-corrected chi connectivity index (χ1v) is 23.3. The van der Waals surface area contributed by atoms with E-state index in [4.69, 9.17) is 24.3 Å². The number of unbranched alkanes of at least 4 members (excludes halogenated alkanes) is 24. The van der Waals surface area contributed by atoms with E-state index >= 15 is 0 Å². The highest BCUT2D eigenvalue weighted by molar-refractivity contribution is 7.47. The molecule has 0 bridgehead atoms. The fraction of sp³-hybridized carbons (Fsp3) is 0.860. The molecular weight excluding hydrogens is 689 g/mol. The lowest BCUT2D eigenvalue weighted by molar-refractivity contribution is -0.161. The van der Waals surface area contributed by atoms with Gasteiger partial charge in [-0.15, -0.1) is 0 Å². The molecule has 312 valence electrons. The van der Waals surface area contributed by atoms with E-state index in [1.54, 1.807) is 0 Å². The van der Waals surface area contributed by atoms with Gasteiger partial charge in [0.1, 0.15) is 6.61 Å². The normalized spacial score (nSPS) is 13.5. The van der Waals surface area contributed by atoms with E-state index in [2.05, 4.69) is 26.0 Å². The summed E-state index contributed by atoms with van der Waals surface area (Å²) in [4.78, 5) is 34.8. The van der Waals surface area contributed by atoms with Crippen molar-refractivity contribution in [3.63, 3.8) is 0 Å². The molecule has 0 heterocycles. The van der Waals surface area contributed by atoms with Crippen molar-refractivity contribution in [3.05, 3.63) is 24.3 Å². The van der Waals surface area contributed by atoms with Crippen LogP contribution in [0.4, 0.5) is 0 Å². The van der Waals surface area contributed by atoms with E-state index < -0.39 is 32.5 Å².